The van der Waals surface area contributed by atoms with Gasteiger partial charge in [-0.15, -0.1) is 24.0 Å². The molecule has 2 N–H and O–H groups in total. The van der Waals surface area contributed by atoms with E-state index >= 15 is 0 Å². The molecule has 0 aromatic heterocycles. The first-order valence-electron chi connectivity index (χ1n) is 10.5. The normalized spacial score (nSPS) is 14.9. The number of anilines is 1. The van der Waals surface area contributed by atoms with E-state index in [0.29, 0.717) is 18.1 Å². The molecule has 0 saturated carbocycles. The van der Waals surface area contributed by atoms with E-state index in [1.54, 1.807) is 19.2 Å². The molecule has 0 aliphatic carbocycles. The molecule has 1 heterocycles. The number of piperazine rings is 1. The van der Waals surface area contributed by atoms with Crippen LogP contribution in [0.25, 0.3) is 0 Å². The summed E-state index contributed by atoms with van der Waals surface area (Å²) in [6.45, 7) is 6.84. The average molecular weight is 525 g/mol. The third-order valence-corrected chi connectivity index (χ3v) is 5.31. The predicted molar refractivity (Wildman–Crippen MR) is 134 cm³/mol. The lowest BCUT2D eigenvalue weighted by Crippen LogP contribution is -2.46. The molecular formula is C23H33FIN5. The zero-order valence-electron chi connectivity index (χ0n) is 17.7. The van der Waals surface area contributed by atoms with Gasteiger partial charge in [-0.2, -0.15) is 0 Å². The number of hydrogen-bond donors (Lipinski definition) is 2. The van der Waals surface area contributed by atoms with Gasteiger partial charge in [-0.3, -0.25) is 9.89 Å². The van der Waals surface area contributed by atoms with E-state index in [9.17, 15) is 4.39 Å². The highest BCUT2D eigenvalue weighted by Crippen LogP contribution is 2.15. The Morgan fingerprint density at radius 2 is 1.63 bits per heavy atom. The molecule has 1 saturated heterocycles. The van der Waals surface area contributed by atoms with Crippen molar-refractivity contribution in [3.8, 4) is 0 Å². The Labute approximate surface area is 196 Å². The molecule has 0 spiro atoms. The van der Waals surface area contributed by atoms with E-state index in [1.165, 1.54) is 11.8 Å². The molecule has 2 aromatic carbocycles. The summed E-state index contributed by atoms with van der Waals surface area (Å²) >= 11 is 0. The summed E-state index contributed by atoms with van der Waals surface area (Å²) in [7, 11) is 1.74. The number of para-hydroxylation sites is 1. The molecule has 3 rings (SSSR count). The Morgan fingerprint density at radius 1 is 0.933 bits per heavy atom. The molecule has 0 unspecified atom stereocenters. The van der Waals surface area contributed by atoms with Crippen LogP contribution >= 0.6 is 24.0 Å². The Morgan fingerprint density at radius 3 is 2.33 bits per heavy atom. The van der Waals surface area contributed by atoms with Gasteiger partial charge >= 0.3 is 0 Å². The van der Waals surface area contributed by atoms with Crippen LogP contribution in [0.3, 0.4) is 0 Å². The number of guanidine groups is 1. The standard InChI is InChI=1S/C23H32FN5.HI/c1-25-23(27-19-20-9-5-6-12-22(20)24)26-13-7-8-14-28-15-17-29(18-16-28)21-10-3-2-4-11-21;/h2-6,9-12H,7-8,13-19H2,1H3,(H2,25,26,27);1H. The van der Waals surface area contributed by atoms with E-state index in [2.05, 4.69) is 55.8 Å². The Hall–Kier alpha value is -1.87. The Bertz CT molecular complexity index is 763. The third-order valence-electron chi connectivity index (χ3n) is 5.31. The minimum Gasteiger partial charge on any atom is -0.369 e. The van der Waals surface area contributed by atoms with Crippen molar-refractivity contribution < 1.29 is 4.39 Å². The molecule has 1 fully saturated rings. The number of hydrogen-bond acceptors (Lipinski definition) is 3. The number of halogens is 2. The van der Waals surface area contributed by atoms with Gasteiger partial charge in [0.1, 0.15) is 5.82 Å². The summed E-state index contributed by atoms with van der Waals surface area (Å²) in [6, 6.07) is 17.5. The van der Waals surface area contributed by atoms with Crippen molar-refractivity contribution >= 4 is 35.6 Å². The first-order chi connectivity index (χ1) is 14.3. The van der Waals surface area contributed by atoms with Gasteiger partial charge < -0.3 is 15.5 Å². The SMILES string of the molecule is CN=C(NCCCCN1CCN(c2ccccc2)CC1)NCc1ccccc1F.I. The zero-order chi connectivity index (χ0) is 20.3. The molecule has 0 amide bonds. The summed E-state index contributed by atoms with van der Waals surface area (Å²) in [6.07, 6.45) is 2.24. The maximum absolute atomic E-state index is 13.7. The van der Waals surface area contributed by atoms with E-state index in [1.807, 2.05) is 6.07 Å². The maximum Gasteiger partial charge on any atom is 0.191 e. The first kappa shape index (κ1) is 24.4. The zero-order valence-corrected chi connectivity index (χ0v) is 20.0. The van der Waals surface area contributed by atoms with Crippen LogP contribution in [0.5, 0.6) is 0 Å². The number of nitrogens with one attached hydrogen (secondary N) is 2. The summed E-state index contributed by atoms with van der Waals surface area (Å²) in [5, 5.41) is 6.49. The summed E-state index contributed by atoms with van der Waals surface area (Å²) in [4.78, 5) is 9.22. The molecule has 164 valence electrons. The fraction of sp³-hybridized carbons (Fsp3) is 0.435. The van der Waals surface area contributed by atoms with Crippen molar-refractivity contribution in [1.29, 1.82) is 0 Å². The van der Waals surface area contributed by atoms with Gasteiger partial charge in [0.2, 0.25) is 0 Å². The van der Waals surface area contributed by atoms with Crippen molar-refractivity contribution in [2.45, 2.75) is 19.4 Å². The smallest absolute Gasteiger partial charge is 0.191 e. The largest absolute Gasteiger partial charge is 0.369 e. The fourth-order valence-electron chi connectivity index (χ4n) is 3.58. The second kappa shape index (κ2) is 13.4. The third kappa shape index (κ3) is 7.75. The number of unbranched alkanes of at least 4 members (excludes halogenated alkanes) is 1. The molecule has 0 bridgehead atoms. The van der Waals surface area contributed by atoms with E-state index in [-0.39, 0.29) is 29.8 Å². The molecular weight excluding hydrogens is 492 g/mol. The summed E-state index contributed by atoms with van der Waals surface area (Å²) < 4.78 is 13.7. The summed E-state index contributed by atoms with van der Waals surface area (Å²) in [5.74, 6) is 0.521. The first-order valence-corrected chi connectivity index (χ1v) is 10.5. The topological polar surface area (TPSA) is 42.9 Å². The molecule has 0 atom stereocenters. The lowest BCUT2D eigenvalue weighted by molar-refractivity contribution is 0.253. The van der Waals surface area contributed by atoms with Gasteiger partial charge in [0, 0.05) is 57.6 Å². The van der Waals surface area contributed by atoms with Gasteiger partial charge in [-0.1, -0.05) is 36.4 Å². The van der Waals surface area contributed by atoms with Gasteiger partial charge in [0.05, 0.1) is 0 Å². The lowest BCUT2D eigenvalue weighted by atomic mass is 10.2. The fourth-order valence-corrected chi connectivity index (χ4v) is 3.58. The van der Waals surface area contributed by atoms with Gasteiger partial charge in [0.25, 0.3) is 0 Å². The second-order valence-electron chi connectivity index (χ2n) is 7.32. The minimum atomic E-state index is -0.192. The quantitative estimate of drug-likeness (QED) is 0.239. The molecule has 1 aliphatic rings. The molecule has 7 heteroatoms. The van der Waals surface area contributed by atoms with E-state index in [0.717, 1.165) is 52.1 Å². The van der Waals surface area contributed by atoms with Gasteiger partial charge in [-0.05, 0) is 37.6 Å². The van der Waals surface area contributed by atoms with Crippen LogP contribution in [0.2, 0.25) is 0 Å². The number of aliphatic imine (C=N–C) groups is 1. The molecule has 2 aromatic rings. The van der Waals surface area contributed by atoms with Crippen molar-refractivity contribution in [2.24, 2.45) is 4.99 Å². The minimum absolute atomic E-state index is 0. The molecule has 1 aliphatic heterocycles. The number of benzene rings is 2. The lowest BCUT2D eigenvalue weighted by Gasteiger charge is -2.36. The Kier molecular flexibility index (Phi) is 10.9. The Balaban J connectivity index is 0.00000320. The van der Waals surface area contributed by atoms with Crippen molar-refractivity contribution in [3.63, 3.8) is 0 Å². The number of nitrogens with zero attached hydrogens (tertiary/aromatic N) is 3. The molecule has 0 radical (unpaired) electrons. The van der Waals surface area contributed by atoms with Crippen LogP contribution in [0.4, 0.5) is 10.1 Å². The predicted octanol–water partition coefficient (Wildman–Crippen LogP) is 3.71. The highest BCUT2D eigenvalue weighted by Gasteiger charge is 2.16. The van der Waals surface area contributed by atoms with Crippen LogP contribution in [0.1, 0.15) is 18.4 Å². The van der Waals surface area contributed by atoms with Crippen LogP contribution in [-0.2, 0) is 6.54 Å². The van der Waals surface area contributed by atoms with Crippen LogP contribution in [0, 0.1) is 5.82 Å². The van der Waals surface area contributed by atoms with Crippen LogP contribution < -0.4 is 15.5 Å². The van der Waals surface area contributed by atoms with Crippen molar-refractivity contribution in [1.82, 2.24) is 15.5 Å². The highest BCUT2D eigenvalue weighted by atomic mass is 127. The molecule has 5 nitrogen and oxygen atoms in total. The van der Waals surface area contributed by atoms with E-state index < -0.39 is 0 Å². The monoisotopic (exact) mass is 525 g/mol. The van der Waals surface area contributed by atoms with Crippen LogP contribution in [-0.4, -0.2) is 57.2 Å². The maximum atomic E-state index is 13.7. The van der Waals surface area contributed by atoms with E-state index in [4.69, 9.17) is 0 Å². The number of rotatable bonds is 8. The molecule has 30 heavy (non-hydrogen) atoms. The van der Waals surface area contributed by atoms with Crippen molar-refractivity contribution in [2.75, 3.05) is 51.2 Å². The van der Waals surface area contributed by atoms with Gasteiger partial charge in [-0.25, -0.2) is 4.39 Å². The van der Waals surface area contributed by atoms with Gasteiger partial charge in [0.15, 0.2) is 5.96 Å². The second-order valence-corrected chi connectivity index (χ2v) is 7.32. The van der Waals surface area contributed by atoms with Crippen LogP contribution in [0.15, 0.2) is 59.6 Å². The average Bonchev–Trinajstić information content (AvgIpc) is 2.77. The van der Waals surface area contributed by atoms with Crippen molar-refractivity contribution in [3.05, 3.63) is 66.0 Å². The summed E-state index contributed by atoms with van der Waals surface area (Å²) in [5.41, 5.74) is 1.97. The highest BCUT2D eigenvalue weighted by molar-refractivity contribution is 14.0.